The molecule has 0 heterocycles. The third-order valence-corrected chi connectivity index (χ3v) is 4.79. The number of carbonyl (C=O) groups excluding carboxylic acids is 4. The molecule has 0 atom stereocenters. The van der Waals surface area contributed by atoms with Gasteiger partial charge in [-0.05, 0) is 24.3 Å². The van der Waals surface area contributed by atoms with E-state index in [1.165, 1.54) is 36.4 Å². The summed E-state index contributed by atoms with van der Waals surface area (Å²) < 4.78 is 0. The zero-order valence-corrected chi connectivity index (χ0v) is 17.1. The van der Waals surface area contributed by atoms with Crippen LogP contribution in [0.1, 0.15) is 78.2 Å². The molecular weight excluding hydrogens is 448 g/mol. The molecule has 8 nitrogen and oxygen atoms in total. The molecule has 0 amide bonds. The molecule has 1 aliphatic rings. The van der Waals surface area contributed by atoms with E-state index in [-0.39, 0.29) is 76.1 Å². The molecule has 0 spiro atoms. The number of hydrogen-bond donors (Lipinski definition) is 2. The second-order valence-electron chi connectivity index (χ2n) is 6.81. The Kier molecular flexibility index (Phi) is 7.38. The molecule has 160 valence electrons. The summed E-state index contributed by atoms with van der Waals surface area (Å²) in [5.41, 5.74) is 0.521. The van der Waals surface area contributed by atoms with Crippen molar-refractivity contribution in [3.8, 4) is 0 Å². The predicted octanol–water partition coefficient (Wildman–Crippen LogP) is 2.55. The largest absolute Gasteiger partial charge is 0.481 e. The summed E-state index contributed by atoms with van der Waals surface area (Å²) in [7, 11) is 0. The second kappa shape index (κ2) is 9.59. The molecule has 2 aromatic carbocycles. The van der Waals surface area contributed by atoms with Gasteiger partial charge >= 0.3 is 11.9 Å². The SMILES string of the molecule is O=C(O)CCC(=O)c1ccc2c(c1)C(=O)c1ccc(C(=O)CCC(=O)O)cc1C2=O.[Fe]. The third-order valence-electron chi connectivity index (χ3n) is 4.79. The van der Waals surface area contributed by atoms with Gasteiger partial charge in [-0.25, -0.2) is 0 Å². The summed E-state index contributed by atoms with van der Waals surface area (Å²) in [5, 5.41) is 17.4. The van der Waals surface area contributed by atoms with Crippen LogP contribution in [0.25, 0.3) is 0 Å². The number of aliphatic carboxylic acids is 2. The van der Waals surface area contributed by atoms with Crippen molar-refractivity contribution >= 4 is 35.1 Å². The molecule has 2 aromatic rings. The topological polar surface area (TPSA) is 143 Å². The molecule has 0 aliphatic heterocycles. The number of fused-ring (bicyclic) bond motifs is 2. The van der Waals surface area contributed by atoms with Crippen LogP contribution < -0.4 is 0 Å². The van der Waals surface area contributed by atoms with E-state index >= 15 is 0 Å². The Morgan fingerprint density at radius 2 is 0.935 bits per heavy atom. The van der Waals surface area contributed by atoms with Crippen molar-refractivity contribution in [1.29, 1.82) is 0 Å². The summed E-state index contributed by atoms with van der Waals surface area (Å²) >= 11 is 0. The van der Waals surface area contributed by atoms with Crippen LogP contribution in [0, 0.1) is 0 Å². The standard InChI is InChI=1S/C22H16O8.Fe/c23-17(5-7-19(25)26)11-1-3-13-15(9-11)22(30)14-4-2-12(10-16(14)21(13)29)18(24)6-8-20(27)28;/h1-4,9-10H,5-8H2,(H,25,26)(H,27,28);. The molecule has 3 rings (SSSR count). The molecule has 0 bridgehead atoms. The van der Waals surface area contributed by atoms with Crippen LogP contribution in [-0.4, -0.2) is 45.3 Å². The minimum atomic E-state index is -1.12. The number of hydrogen-bond acceptors (Lipinski definition) is 6. The van der Waals surface area contributed by atoms with E-state index in [2.05, 4.69) is 0 Å². The number of Topliss-reactive ketones (excluding diaryl/α,β-unsaturated/α-hetero) is 2. The van der Waals surface area contributed by atoms with Crippen molar-refractivity contribution in [2.24, 2.45) is 0 Å². The van der Waals surface area contributed by atoms with Crippen molar-refractivity contribution in [3.63, 3.8) is 0 Å². The minimum absolute atomic E-state index is 0. The van der Waals surface area contributed by atoms with Crippen molar-refractivity contribution in [2.75, 3.05) is 0 Å². The summed E-state index contributed by atoms with van der Waals surface area (Å²) in [6.45, 7) is 0. The smallest absolute Gasteiger partial charge is 0.303 e. The van der Waals surface area contributed by atoms with E-state index in [0.29, 0.717) is 0 Å². The first kappa shape index (κ1) is 23.9. The van der Waals surface area contributed by atoms with E-state index in [4.69, 9.17) is 10.2 Å². The maximum Gasteiger partial charge on any atom is 0.303 e. The fourth-order valence-corrected chi connectivity index (χ4v) is 3.23. The van der Waals surface area contributed by atoms with E-state index in [0.717, 1.165) is 0 Å². The zero-order valence-electron chi connectivity index (χ0n) is 16.0. The van der Waals surface area contributed by atoms with Gasteiger partial charge < -0.3 is 10.2 Å². The van der Waals surface area contributed by atoms with E-state index < -0.39 is 35.1 Å². The van der Waals surface area contributed by atoms with Crippen molar-refractivity contribution in [2.45, 2.75) is 25.7 Å². The summed E-state index contributed by atoms with van der Waals surface area (Å²) in [4.78, 5) is 71.4. The average Bonchev–Trinajstić information content (AvgIpc) is 2.73. The molecule has 9 heteroatoms. The van der Waals surface area contributed by atoms with Gasteiger partial charge in [-0.2, -0.15) is 0 Å². The zero-order chi connectivity index (χ0) is 22.0. The molecule has 0 fully saturated rings. The Balaban J connectivity index is 0.00000341. The van der Waals surface area contributed by atoms with Gasteiger partial charge in [-0.1, -0.05) is 12.1 Å². The normalized spacial score (nSPS) is 11.7. The van der Waals surface area contributed by atoms with Crippen LogP contribution in [0.5, 0.6) is 0 Å². The van der Waals surface area contributed by atoms with Crippen LogP contribution >= 0.6 is 0 Å². The molecule has 2 N–H and O–H groups in total. The van der Waals surface area contributed by atoms with Gasteiger partial charge in [0, 0.05) is 63.3 Å². The molecule has 0 aromatic heterocycles. The van der Waals surface area contributed by atoms with Gasteiger partial charge in [0.1, 0.15) is 0 Å². The van der Waals surface area contributed by atoms with Gasteiger partial charge in [0.25, 0.3) is 0 Å². The maximum atomic E-state index is 12.9. The first-order chi connectivity index (χ1) is 14.2. The second-order valence-corrected chi connectivity index (χ2v) is 6.81. The Hall–Kier alpha value is -3.42. The van der Waals surface area contributed by atoms with E-state index in [1.807, 2.05) is 0 Å². The fraction of sp³-hybridized carbons (Fsp3) is 0.182. The van der Waals surface area contributed by atoms with Crippen molar-refractivity contribution in [3.05, 3.63) is 69.8 Å². The Labute approximate surface area is 186 Å². The Morgan fingerprint density at radius 3 is 1.26 bits per heavy atom. The first-order valence-corrected chi connectivity index (χ1v) is 9.06. The molecular formula is C22H16FeO8. The molecule has 1 aliphatic carbocycles. The minimum Gasteiger partial charge on any atom is -0.481 e. The predicted molar refractivity (Wildman–Crippen MR) is 102 cm³/mol. The summed E-state index contributed by atoms with van der Waals surface area (Å²) in [6, 6.07) is 7.97. The van der Waals surface area contributed by atoms with Crippen LogP contribution in [0.2, 0.25) is 0 Å². The van der Waals surface area contributed by atoms with Gasteiger partial charge in [0.2, 0.25) is 0 Å². The summed E-state index contributed by atoms with van der Waals surface area (Å²) in [5.74, 6) is -4.12. The Bertz CT molecular complexity index is 1040. The van der Waals surface area contributed by atoms with Crippen LogP contribution in [-0.2, 0) is 26.7 Å². The monoisotopic (exact) mass is 464 g/mol. The van der Waals surface area contributed by atoms with Gasteiger partial charge in [0.05, 0.1) is 12.8 Å². The van der Waals surface area contributed by atoms with Gasteiger partial charge in [-0.3, -0.25) is 28.8 Å². The van der Waals surface area contributed by atoms with Crippen LogP contribution in [0.15, 0.2) is 36.4 Å². The van der Waals surface area contributed by atoms with Crippen molar-refractivity contribution < 1.29 is 56.0 Å². The van der Waals surface area contributed by atoms with Gasteiger partial charge in [-0.15, -0.1) is 0 Å². The Morgan fingerprint density at radius 1 is 0.581 bits per heavy atom. The van der Waals surface area contributed by atoms with Crippen LogP contribution in [0.4, 0.5) is 0 Å². The fourth-order valence-electron chi connectivity index (χ4n) is 3.23. The average molecular weight is 464 g/mol. The first-order valence-electron chi connectivity index (χ1n) is 9.06. The van der Waals surface area contributed by atoms with Gasteiger partial charge in [0.15, 0.2) is 23.1 Å². The van der Waals surface area contributed by atoms with Crippen LogP contribution in [0.3, 0.4) is 0 Å². The number of carboxylic acids is 2. The maximum absolute atomic E-state index is 12.9. The quantitative estimate of drug-likeness (QED) is 0.383. The third kappa shape index (κ3) is 5.02. The van der Waals surface area contributed by atoms with E-state index in [9.17, 15) is 28.8 Å². The number of rotatable bonds is 8. The number of benzene rings is 2. The molecule has 0 unspecified atom stereocenters. The molecule has 0 radical (unpaired) electrons. The number of carboxylic acid groups (broad SMARTS) is 2. The summed E-state index contributed by atoms with van der Waals surface area (Å²) in [6.07, 6.45) is -1.14. The van der Waals surface area contributed by atoms with E-state index in [1.54, 1.807) is 0 Å². The molecule has 0 saturated carbocycles. The number of ketones is 4. The molecule has 0 saturated heterocycles. The van der Waals surface area contributed by atoms with Crippen molar-refractivity contribution in [1.82, 2.24) is 0 Å². The molecule has 31 heavy (non-hydrogen) atoms. The number of carbonyl (C=O) groups is 6.